The van der Waals surface area contributed by atoms with Crippen LogP contribution < -0.4 is 15.4 Å². The van der Waals surface area contributed by atoms with Gasteiger partial charge in [0.25, 0.3) is 0 Å². The maximum Gasteiger partial charge on any atom is 0.407 e. The van der Waals surface area contributed by atoms with Gasteiger partial charge in [-0.1, -0.05) is 0 Å². The molecule has 1 saturated carbocycles. The summed E-state index contributed by atoms with van der Waals surface area (Å²) in [7, 11) is -3.35. The number of rotatable bonds is 6. The first-order chi connectivity index (χ1) is 13.7. The first-order valence-electron chi connectivity index (χ1n) is 9.61. The summed E-state index contributed by atoms with van der Waals surface area (Å²) >= 11 is 0. The third-order valence-corrected chi connectivity index (χ3v) is 5.25. The van der Waals surface area contributed by atoms with Crippen LogP contribution in [0.1, 0.15) is 33.1 Å². The van der Waals surface area contributed by atoms with Gasteiger partial charge in [0.2, 0.25) is 10.0 Å². The highest BCUT2D eigenvalue weighted by Gasteiger charge is 2.31. The number of ether oxygens (including phenoxy) is 1. The smallest absolute Gasteiger partial charge is 0.407 e. The Hall–Kier alpha value is -2.62. The molecule has 1 aliphatic carbocycles. The van der Waals surface area contributed by atoms with Gasteiger partial charge in [-0.3, -0.25) is 9.71 Å². The number of anilines is 2. The molecular weight excluding hydrogens is 394 g/mol. The van der Waals surface area contributed by atoms with Crippen LogP contribution in [0.4, 0.5) is 16.3 Å². The highest BCUT2D eigenvalue weighted by atomic mass is 32.2. The van der Waals surface area contributed by atoms with Crippen LogP contribution in [0.25, 0.3) is 0 Å². The zero-order valence-corrected chi connectivity index (χ0v) is 17.6. The van der Waals surface area contributed by atoms with E-state index < -0.39 is 10.0 Å². The van der Waals surface area contributed by atoms with Crippen LogP contribution in [0.3, 0.4) is 0 Å². The van der Waals surface area contributed by atoms with Crippen molar-refractivity contribution in [1.82, 2.24) is 10.3 Å². The van der Waals surface area contributed by atoms with Gasteiger partial charge in [-0.2, -0.15) is 0 Å². The second-order valence-electron chi connectivity index (χ2n) is 7.69. The standard InChI is InChI=1S/C19H27N5O4S/c1-12(2)22-19(25)28-16-6-4-13(8-16)14-9-18(20-10-14)23-15-5-7-17(21-11-15)24-29(3,26)27/h5,7,9,11-13,16H,4,6,8,10H2,1-3H3,(H,20,23)(H,21,24)(H,22,25)/t13-,16+/m0/s1. The zero-order chi connectivity index (χ0) is 21.0. The first kappa shape index (κ1) is 21.1. The van der Waals surface area contributed by atoms with E-state index in [2.05, 4.69) is 25.3 Å². The monoisotopic (exact) mass is 421 g/mol. The fraction of sp³-hybridized carbons (Fsp3) is 0.526. The molecule has 158 valence electrons. The van der Waals surface area contributed by atoms with Crippen molar-refractivity contribution in [3.8, 4) is 0 Å². The Kier molecular flexibility index (Phi) is 6.41. The fourth-order valence-corrected chi connectivity index (χ4v) is 3.94. The number of alkyl carbamates (subject to hydrolysis) is 1. The Morgan fingerprint density at radius 2 is 2.07 bits per heavy atom. The number of nitrogens with zero attached hydrogens (tertiary/aromatic N) is 2. The van der Waals surface area contributed by atoms with E-state index in [4.69, 9.17) is 4.74 Å². The van der Waals surface area contributed by atoms with Crippen molar-refractivity contribution in [3.63, 3.8) is 0 Å². The third-order valence-electron chi connectivity index (χ3n) is 4.67. The van der Waals surface area contributed by atoms with E-state index in [0.717, 1.165) is 37.0 Å². The summed E-state index contributed by atoms with van der Waals surface area (Å²) in [5.74, 6) is 1.36. The molecule has 0 aromatic carbocycles. The van der Waals surface area contributed by atoms with Gasteiger partial charge in [-0.15, -0.1) is 0 Å². The minimum atomic E-state index is -3.35. The second kappa shape index (κ2) is 8.81. The Balaban J connectivity index is 1.51. The molecule has 0 radical (unpaired) electrons. The van der Waals surface area contributed by atoms with Crippen LogP contribution in [0.5, 0.6) is 0 Å². The summed E-state index contributed by atoms with van der Waals surface area (Å²) in [4.78, 5) is 20.4. The fourth-order valence-electron chi connectivity index (χ4n) is 3.44. The van der Waals surface area contributed by atoms with Gasteiger partial charge in [0.15, 0.2) is 0 Å². The zero-order valence-electron chi connectivity index (χ0n) is 16.8. The molecule has 2 atom stereocenters. The Morgan fingerprint density at radius 3 is 2.72 bits per heavy atom. The van der Waals surface area contributed by atoms with Crippen molar-refractivity contribution in [2.45, 2.75) is 45.3 Å². The predicted molar refractivity (Wildman–Crippen MR) is 113 cm³/mol. The first-order valence-corrected chi connectivity index (χ1v) is 11.5. The summed E-state index contributed by atoms with van der Waals surface area (Å²) in [5.41, 5.74) is 1.95. The number of amidine groups is 1. The largest absolute Gasteiger partial charge is 0.446 e. The molecule has 1 aromatic rings. The number of pyridine rings is 1. The van der Waals surface area contributed by atoms with Gasteiger partial charge in [0.05, 0.1) is 24.7 Å². The summed E-state index contributed by atoms with van der Waals surface area (Å²) in [6, 6.07) is 3.39. The summed E-state index contributed by atoms with van der Waals surface area (Å²) in [5, 5.41) is 5.94. The molecule has 1 amide bonds. The van der Waals surface area contributed by atoms with Gasteiger partial charge >= 0.3 is 6.09 Å². The minimum Gasteiger partial charge on any atom is -0.446 e. The van der Waals surface area contributed by atoms with E-state index in [1.807, 2.05) is 19.9 Å². The second-order valence-corrected chi connectivity index (χ2v) is 9.44. The number of hydrogen-bond donors (Lipinski definition) is 3. The Bertz CT molecular complexity index is 909. The van der Waals surface area contributed by atoms with Gasteiger partial charge < -0.3 is 15.4 Å². The maximum atomic E-state index is 11.8. The van der Waals surface area contributed by atoms with Gasteiger partial charge in [-0.25, -0.2) is 18.2 Å². The van der Waals surface area contributed by atoms with Crippen molar-refractivity contribution in [1.29, 1.82) is 0 Å². The minimum absolute atomic E-state index is 0.0595. The van der Waals surface area contributed by atoms with E-state index in [-0.39, 0.29) is 24.1 Å². The van der Waals surface area contributed by atoms with Crippen LogP contribution >= 0.6 is 0 Å². The number of amides is 1. The lowest BCUT2D eigenvalue weighted by Gasteiger charge is -2.15. The quantitative estimate of drug-likeness (QED) is 0.649. The van der Waals surface area contributed by atoms with Crippen LogP contribution in [0.15, 0.2) is 35.0 Å². The molecule has 10 heteroatoms. The summed E-state index contributed by atoms with van der Waals surface area (Å²) in [6.07, 6.45) is 6.89. The number of aliphatic imine (C=N–C) groups is 1. The van der Waals surface area contributed by atoms with Gasteiger partial charge in [0.1, 0.15) is 17.8 Å². The molecule has 2 heterocycles. The molecule has 3 rings (SSSR count). The number of carbonyl (C=O) groups is 1. The molecule has 0 unspecified atom stereocenters. The number of hydrogen-bond acceptors (Lipinski definition) is 7. The molecule has 29 heavy (non-hydrogen) atoms. The van der Waals surface area contributed by atoms with E-state index in [9.17, 15) is 13.2 Å². The average molecular weight is 422 g/mol. The number of aromatic nitrogens is 1. The van der Waals surface area contributed by atoms with Crippen molar-refractivity contribution in [2.75, 3.05) is 22.8 Å². The Morgan fingerprint density at radius 1 is 1.28 bits per heavy atom. The molecule has 1 aliphatic heterocycles. The highest BCUT2D eigenvalue weighted by molar-refractivity contribution is 7.92. The molecule has 1 aromatic heterocycles. The van der Waals surface area contributed by atoms with Gasteiger partial charge in [0, 0.05) is 6.04 Å². The number of nitrogens with one attached hydrogen (secondary N) is 3. The average Bonchev–Trinajstić information content (AvgIpc) is 3.24. The van der Waals surface area contributed by atoms with Gasteiger partial charge in [-0.05, 0) is 62.8 Å². The van der Waals surface area contributed by atoms with Crippen molar-refractivity contribution in [3.05, 3.63) is 30.0 Å². The molecule has 0 saturated heterocycles. The van der Waals surface area contributed by atoms with E-state index in [1.54, 1.807) is 18.3 Å². The van der Waals surface area contributed by atoms with Crippen molar-refractivity contribution in [2.24, 2.45) is 10.9 Å². The van der Waals surface area contributed by atoms with Crippen LogP contribution in [0.2, 0.25) is 0 Å². The molecular formula is C19H27N5O4S. The number of carbonyl (C=O) groups excluding carboxylic acids is 1. The van der Waals surface area contributed by atoms with Crippen LogP contribution in [0, 0.1) is 5.92 Å². The SMILES string of the molecule is CC(C)NC(=O)O[C@@H]1CC[C@H](C2=CC(Nc3ccc(NS(C)(=O)=O)nc3)=NC2)C1. The van der Waals surface area contributed by atoms with E-state index in [1.165, 1.54) is 5.57 Å². The molecule has 1 fully saturated rings. The van der Waals surface area contributed by atoms with Crippen LogP contribution in [-0.2, 0) is 14.8 Å². The normalized spacial score (nSPS) is 21.5. The lowest BCUT2D eigenvalue weighted by molar-refractivity contribution is 0.0975. The Labute approximate surface area is 171 Å². The molecule has 0 spiro atoms. The lowest BCUT2D eigenvalue weighted by Crippen LogP contribution is -2.33. The molecule has 9 nitrogen and oxygen atoms in total. The van der Waals surface area contributed by atoms with Crippen LogP contribution in [-0.4, -0.2) is 50.3 Å². The third kappa shape index (κ3) is 6.45. The maximum absolute atomic E-state index is 11.8. The van der Waals surface area contributed by atoms with Crippen molar-refractivity contribution < 1.29 is 17.9 Å². The topological polar surface area (TPSA) is 122 Å². The summed E-state index contributed by atoms with van der Waals surface area (Å²) < 4.78 is 30.3. The lowest BCUT2D eigenvalue weighted by atomic mass is 9.98. The predicted octanol–water partition coefficient (Wildman–Crippen LogP) is 2.51. The molecule has 2 aliphatic rings. The summed E-state index contributed by atoms with van der Waals surface area (Å²) in [6.45, 7) is 4.43. The van der Waals surface area contributed by atoms with E-state index >= 15 is 0 Å². The number of sulfonamides is 1. The highest BCUT2D eigenvalue weighted by Crippen LogP contribution is 2.34. The molecule has 3 N–H and O–H groups in total. The van der Waals surface area contributed by atoms with Crippen molar-refractivity contribution >= 4 is 33.5 Å². The molecule has 0 bridgehead atoms. The van der Waals surface area contributed by atoms with E-state index in [0.29, 0.717) is 12.5 Å².